The molecule has 0 aliphatic heterocycles. The molecule has 136 valence electrons. The van der Waals surface area contributed by atoms with E-state index in [1.165, 1.54) is 14.0 Å². The molecule has 0 saturated carbocycles. The Kier molecular flexibility index (Phi) is 4.54. The molecule has 3 aromatic rings. The molecule has 1 heterocycles. The van der Waals surface area contributed by atoms with Crippen LogP contribution in [-0.4, -0.2) is 12.8 Å². The number of hydrogen-bond donors (Lipinski definition) is 1. The van der Waals surface area contributed by atoms with Crippen LogP contribution in [0.2, 0.25) is 0 Å². The number of nitrogens with one attached hydrogen (secondary N) is 1. The lowest BCUT2D eigenvalue weighted by atomic mass is 10.2. The van der Waals surface area contributed by atoms with Crippen molar-refractivity contribution in [2.24, 2.45) is 5.10 Å². The molecule has 1 N–H and O–H groups in total. The van der Waals surface area contributed by atoms with E-state index in [0.717, 1.165) is 0 Å². The van der Waals surface area contributed by atoms with E-state index in [1.54, 1.807) is 24.3 Å². The fourth-order valence-electron chi connectivity index (χ4n) is 2.27. The largest absolute Gasteiger partial charge is 0.493 e. The molecule has 4 nitrogen and oxygen atoms in total. The minimum atomic E-state index is -2.24. The van der Waals surface area contributed by atoms with E-state index in [4.69, 9.17) is 9.15 Å². The van der Waals surface area contributed by atoms with Crippen LogP contribution in [0.15, 0.2) is 33.8 Å². The quantitative estimate of drug-likeness (QED) is 0.232. The number of para-hydroxylation sites is 1. The monoisotopic (exact) mass is 370 g/mol. The number of furan rings is 1. The van der Waals surface area contributed by atoms with Crippen LogP contribution in [0.25, 0.3) is 11.0 Å². The highest BCUT2D eigenvalue weighted by atomic mass is 19.2. The number of nitrogens with zero attached hydrogens (tertiary/aromatic N) is 1. The molecule has 0 atom stereocenters. The predicted octanol–water partition coefficient (Wildman–Crippen LogP) is 4.97. The molecule has 1 aromatic heterocycles. The minimum Gasteiger partial charge on any atom is -0.493 e. The van der Waals surface area contributed by atoms with Crippen molar-refractivity contribution in [1.82, 2.24) is 0 Å². The number of methoxy groups -OCH3 is 1. The Hall–Kier alpha value is -3.10. The molecule has 3 rings (SSSR count). The first-order valence-electron chi connectivity index (χ1n) is 7.23. The third-order valence-electron chi connectivity index (χ3n) is 3.63. The fourth-order valence-corrected chi connectivity index (χ4v) is 2.27. The van der Waals surface area contributed by atoms with Crippen molar-refractivity contribution < 1.29 is 31.1 Å². The first-order valence-corrected chi connectivity index (χ1v) is 7.23. The van der Waals surface area contributed by atoms with Gasteiger partial charge in [0.25, 0.3) is 0 Å². The van der Waals surface area contributed by atoms with Gasteiger partial charge in [-0.05, 0) is 19.1 Å². The number of anilines is 1. The van der Waals surface area contributed by atoms with Crippen molar-refractivity contribution in [3.63, 3.8) is 0 Å². The molecule has 9 heteroatoms. The number of hydrogen-bond acceptors (Lipinski definition) is 4. The summed E-state index contributed by atoms with van der Waals surface area (Å²) in [4.78, 5) is 0. The van der Waals surface area contributed by atoms with Crippen LogP contribution >= 0.6 is 0 Å². The zero-order chi connectivity index (χ0) is 19.0. The van der Waals surface area contributed by atoms with Crippen LogP contribution in [0.4, 0.5) is 27.6 Å². The van der Waals surface area contributed by atoms with E-state index in [2.05, 4.69) is 5.10 Å². The summed E-state index contributed by atoms with van der Waals surface area (Å²) in [5.41, 5.74) is 1.15. The predicted molar refractivity (Wildman–Crippen MR) is 84.8 cm³/mol. The topological polar surface area (TPSA) is 46.8 Å². The summed E-state index contributed by atoms with van der Waals surface area (Å²) in [6.07, 6.45) is 0. The van der Waals surface area contributed by atoms with Crippen molar-refractivity contribution in [1.29, 1.82) is 0 Å². The average molecular weight is 370 g/mol. The molecular formula is C17H11F5N2O2. The molecule has 0 fully saturated rings. The second-order valence-electron chi connectivity index (χ2n) is 5.24. The van der Waals surface area contributed by atoms with E-state index in [9.17, 15) is 22.0 Å². The third kappa shape index (κ3) is 2.85. The smallest absolute Gasteiger partial charge is 0.200 e. The zero-order valence-electron chi connectivity index (χ0n) is 13.5. The van der Waals surface area contributed by atoms with Gasteiger partial charge in [0.15, 0.2) is 40.4 Å². The summed E-state index contributed by atoms with van der Waals surface area (Å²) in [6, 6.07) is 6.75. The molecule has 0 unspecified atom stereocenters. The van der Waals surface area contributed by atoms with Crippen molar-refractivity contribution in [2.45, 2.75) is 6.92 Å². The van der Waals surface area contributed by atoms with E-state index in [0.29, 0.717) is 16.7 Å². The number of ether oxygens (including phenoxy) is 1. The van der Waals surface area contributed by atoms with Crippen molar-refractivity contribution in [3.05, 3.63) is 59.1 Å². The summed E-state index contributed by atoms with van der Waals surface area (Å²) in [5, 5.41) is 4.33. The first kappa shape index (κ1) is 17.7. The van der Waals surface area contributed by atoms with Gasteiger partial charge in [0.2, 0.25) is 5.82 Å². The Morgan fingerprint density at radius 2 is 1.62 bits per heavy atom. The second-order valence-corrected chi connectivity index (χ2v) is 5.24. The average Bonchev–Trinajstić information content (AvgIpc) is 3.09. The molecule has 2 aromatic carbocycles. The Morgan fingerprint density at radius 3 is 2.23 bits per heavy atom. The Morgan fingerprint density at radius 1 is 1.00 bits per heavy atom. The van der Waals surface area contributed by atoms with Crippen LogP contribution in [0.5, 0.6) is 5.75 Å². The molecule has 0 bridgehead atoms. The number of halogens is 5. The van der Waals surface area contributed by atoms with Crippen LogP contribution in [0, 0.1) is 29.1 Å². The summed E-state index contributed by atoms with van der Waals surface area (Å²) in [5.74, 6) is -9.69. The summed E-state index contributed by atoms with van der Waals surface area (Å²) >= 11 is 0. The van der Waals surface area contributed by atoms with Gasteiger partial charge in [-0.3, -0.25) is 5.43 Å². The maximum absolute atomic E-state index is 13.6. The molecule has 0 saturated heterocycles. The highest BCUT2D eigenvalue weighted by Gasteiger charge is 2.25. The third-order valence-corrected chi connectivity index (χ3v) is 3.63. The fraction of sp³-hybridized carbons (Fsp3) is 0.118. The molecule has 0 spiro atoms. The van der Waals surface area contributed by atoms with E-state index in [-0.39, 0.29) is 11.5 Å². The standard InChI is InChI=1S/C17H11F5N2O2/c1-7(10-6-8-4-3-5-9(25-2)17(8)26-10)23-24-16-14(21)12(19)11(18)13(20)15(16)22/h3-6,24H,1-2H3/b23-7-. The van der Waals surface area contributed by atoms with Gasteiger partial charge in [0, 0.05) is 5.39 Å². The Balaban J connectivity index is 1.97. The normalized spacial score (nSPS) is 11.9. The summed E-state index contributed by atoms with van der Waals surface area (Å²) < 4.78 is 77.4. The summed E-state index contributed by atoms with van der Waals surface area (Å²) in [6.45, 7) is 1.43. The van der Waals surface area contributed by atoms with Gasteiger partial charge in [-0.2, -0.15) is 5.10 Å². The zero-order valence-corrected chi connectivity index (χ0v) is 13.5. The molecule has 0 aliphatic carbocycles. The van der Waals surface area contributed by atoms with Crippen LogP contribution in [-0.2, 0) is 0 Å². The molecule has 0 aliphatic rings. The van der Waals surface area contributed by atoms with Crippen molar-refractivity contribution in [3.8, 4) is 5.75 Å². The van der Waals surface area contributed by atoms with Gasteiger partial charge < -0.3 is 9.15 Å². The Labute approximate surface area is 143 Å². The van der Waals surface area contributed by atoms with E-state index in [1.807, 2.05) is 5.43 Å². The molecule has 0 amide bonds. The molecule has 0 radical (unpaired) electrons. The van der Waals surface area contributed by atoms with Gasteiger partial charge in [0.1, 0.15) is 11.4 Å². The van der Waals surface area contributed by atoms with Crippen LogP contribution in [0.3, 0.4) is 0 Å². The minimum absolute atomic E-state index is 0.118. The number of hydrazone groups is 1. The lowest BCUT2D eigenvalue weighted by Crippen LogP contribution is -2.08. The maximum atomic E-state index is 13.6. The summed E-state index contributed by atoms with van der Waals surface area (Å²) in [7, 11) is 1.46. The van der Waals surface area contributed by atoms with Gasteiger partial charge in [-0.15, -0.1) is 0 Å². The van der Waals surface area contributed by atoms with Crippen LogP contribution in [0.1, 0.15) is 12.7 Å². The van der Waals surface area contributed by atoms with Gasteiger partial charge >= 0.3 is 0 Å². The lowest BCUT2D eigenvalue weighted by Gasteiger charge is -2.07. The number of fused-ring (bicyclic) bond motifs is 1. The van der Waals surface area contributed by atoms with Crippen molar-refractivity contribution in [2.75, 3.05) is 12.5 Å². The SMILES string of the molecule is COc1cccc2cc(/C(C)=N\Nc3c(F)c(F)c(F)c(F)c3F)oc12. The highest BCUT2D eigenvalue weighted by molar-refractivity contribution is 6.00. The molecule has 26 heavy (non-hydrogen) atoms. The maximum Gasteiger partial charge on any atom is 0.200 e. The lowest BCUT2D eigenvalue weighted by molar-refractivity contribution is 0.381. The van der Waals surface area contributed by atoms with E-state index >= 15 is 0 Å². The van der Waals surface area contributed by atoms with Crippen molar-refractivity contribution >= 4 is 22.4 Å². The second kappa shape index (κ2) is 6.66. The van der Waals surface area contributed by atoms with Gasteiger partial charge in [-0.1, -0.05) is 12.1 Å². The van der Waals surface area contributed by atoms with Gasteiger partial charge in [0.05, 0.1) is 7.11 Å². The Bertz CT molecular complexity index is 1000. The number of rotatable bonds is 4. The van der Waals surface area contributed by atoms with Gasteiger partial charge in [-0.25, -0.2) is 22.0 Å². The van der Waals surface area contributed by atoms with Crippen LogP contribution < -0.4 is 10.2 Å². The molecular weight excluding hydrogens is 359 g/mol. The first-order chi connectivity index (χ1) is 12.3. The highest BCUT2D eigenvalue weighted by Crippen LogP contribution is 2.29. The number of benzene rings is 2. The van der Waals surface area contributed by atoms with E-state index < -0.39 is 34.8 Å².